The van der Waals surface area contributed by atoms with Crippen LogP contribution in [0.2, 0.25) is 0 Å². The maximum absolute atomic E-state index is 5.81. The molecule has 0 fully saturated rings. The van der Waals surface area contributed by atoms with E-state index in [1.807, 2.05) is 48.7 Å². The van der Waals surface area contributed by atoms with E-state index in [0.29, 0.717) is 6.54 Å². The van der Waals surface area contributed by atoms with E-state index in [9.17, 15) is 0 Å². The lowest BCUT2D eigenvalue weighted by Gasteiger charge is -1.99. The van der Waals surface area contributed by atoms with Crippen molar-refractivity contribution in [1.82, 2.24) is 0 Å². The quantitative estimate of drug-likeness (QED) is 0.537. The molecule has 2 rings (SSSR count). The average Bonchev–Trinajstić information content (AvgIpc) is 2.33. The molecule has 1 nitrogen and oxygen atoms in total. The fourth-order valence-corrected chi connectivity index (χ4v) is 1.46. The number of hydrogen-bond acceptors (Lipinski definition) is 1. The Hall–Kier alpha value is -1.83. The van der Waals surface area contributed by atoms with Gasteiger partial charge in [-0.25, -0.2) is 0 Å². The molecule has 2 heteroatoms. The summed E-state index contributed by atoms with van der Waals surface area (Å²) in [6.07, 6.45) is 1.82. The number of aliphatic imine (C=N–C) groups is 1. The van der Waals surface area contributed by atoms with Crippen molar-refractivity contribution < 1.29 is 0 Å². The van der Waals surface area contributed by atoms with Crippen LogP contribution >= 0.6 is 0 Å². The second-order valence-electron chi connectivity index (χ2n) is 3.58. The van der Waals surface area contributed by atoms with Gasteiger partial charge in [0.2, 0.25) is 0 Å². The zero-order valence-electron chi connectivity index (χ0n) is 9.01. The normalized spacial score (nSPS) is 10.8. The molecule has 2 radical (unpaired) electrons. The van der Waals surface area contributed by atoms with Gasteiger partial charge < -0.3 is 0 Å². The number of nitrogens with zero attached hydrogens (tertiary/aromatic N) is 1. The van der Waals surface area contributed by atoms with Gasteiger partial charge in [0.15, 0.2) is 0 Å². The van der Waals surface area contributed by atoms with Crippen molar-refractivity contribution in [3.63, 3.8) is 0 Å². The van der Waals surface area contributed by atoms with Gasteiger partial charge in [-0.3, -0.25) is 4.99 Å². The van der Waals surface area contributed by atoms with Gasteiger partial charge >= 0.3 is 0 Å². The topological polar surface area (TPSA) is 12.4 Å². The first kappa shape index (κ1) is 10.7. The second kappa shape index (κ2) is 5.31. The van der Waals surface area contributed by atoms with Crippen LogP contribution < -0.4 is 5.46 Å². The smallest absolute Gasteiger partial charge is 0.114 e. The summed E-state index contributed by atoms with van der Waals surface area (Å²) < 4.78 is 0. The van der Waals surface area contributed by atoms with Gasteiger partial charge in [0.25, 0.3) is 0 Å². The highest BCUT2D eigenvalue weighted by molar-refractivity contribution is 6.35. The van der Waals surface area contributed by atoms with Crippen LogP contribution in [0.3, 0.4) is 0 Å². The molecule has 0 atom stereocenters. The molecule has 0 aromatic heterocycles. The van der Waals surface area contributed by atoms with Gasteiger partial charge in [0.1, 0.15) is 7.85 Å². The van der Waals surface area contributed by atoms with E-state index >= 15 is 0 Å². The molecule has 2 aromatic rings. The van der Waals surface area contributed by atoms with Crippen LogP contribution in [0.15, 0.2) is 59.6 Å². The van der Waals surface area contributed by atoms with E-state index in [0.717, 1.165) is 11.0 Å². The van der Waals surface area contributed by atoms with Gasteiger partial charge in [-0.15, -0.1) is 0 Å². The molecular formula is C14H12BN. The van der Waals surface area contributed by atoms with E-state index in [2.05, 4.69) is 17.1 Å². The Morgan fingerprint density at radius 2 is 1.62 bits per heavy atom. The predicted octanol–water partition coefficient (Wildman–Crippen LogP) is 2.10. The zero-order chi connectivity index (χ0) is 11.2. The standard InChI is InChI=1S/C14H12BN/c15-14-9-5-4-8-13(14)11-16-10-12-6-2-1-3-7-12/h1-9,11H,10H2. The lowest BCUT2D eigenvalue weighted by molar-refractivity contribution is 1.08. The van der Waals surface area contributed by atoms with Crippen LogP contribution in [-0.4, -0.2) is 14.1 Å². The highest BCUT2D eigenvalue weighted by atomic mass is 14.7. The summed E-state index contributed by atoms with van der Waals surface area (Å²) in [5.74, 6) is 0. The first-order valence-corrected chi connectivity index (χ1v) is 5.24. The molecule has 76 valence electrons. The minimum atomic E-state index is 0.690. The molecule has 16 heavy (non-hydrogen) atoms. The van der Waals surface area contributed by atoms with Crippen molar-refractivity contribution in [2.45, 2.75) is 6.54 Å². The lowest BCUT2D eigenvalue weighted by Crippen LogP contribution is -2.08. The molecule has 0 unspecified atom stereocenters. The summed E-state index contributed by atoms with van der Waals surface area (Å²) in [7, 11) is 5.81. The summed E-state index contributed by atoms with van der Waals surface area (Å²) in [6, 6.07) is 17.9. The van der Waals surface area contributed by atoms with Crippen LogP contribution in [0.5, 0.6) is 0 Å². The summed E-state index contributed by atoms with van der Waals surface area (Å²) in [4.78, 5) is 4.37. The summed E-state index contributed by atoms with van der Waals surface area (Å²) >= 11 is 0. The highest BCUT2D eigenvalue weighted by Crippen LogP contribution is 2.00. The minimum Gasteiger partial charge on any atom is -0.288 e. The SMILES string of the molecule is [B]c1ccccc1C=NCc1ccccc1. The fourth-order valence-electron chi connectivity index (χ4n) is 1.46. The molecular weight excluding hydrogens is 193 g/mol. The largest absolute Gasteiger partial charge is 0.288 e. The Labute approximate surface area is 97.3 Å². The van der Waals surface area contributed by atoms with Crippen molar-refractivity contribution in [2.24, 2.45) is 4.99 Å². The monoisotopic (exact) mass is 205 g/mol. The van der Waals surface area contributed by atoms with Crippen molar-refractivity contribution in [3.05, 3.63) is 65.7 Å². The van der Waals surface area contributed by atoms with Gasteiger partial charge in [-0.2, -0.15) is 0 Å². The predicted molar refractivity (Wildman–Crippen MR) is 69.6 cm³/mol. The van der Waals surface area contributed by atoms with Gasteiger partial charge in [0.05, 0.1) is 6.54 Å². The van der Waals surface area contributed by atoms with Crippen LogP contribution in [0, 0.1) is 0 Å². The zero-order valence-corrected chi connectivity index (χ0v) is 9.01. The maximum atomic E-state index is 5.81. The van der Waals surface area contributed by atoms with Crippen LogP contribution in [0.1, 0.15) is 11.1 Å². The first-order valence-electron chi connectivity index (χ1n) is 5.24. The third-order valence-electron chi connectivity index (χ3n) is 2.34. The van der Waals surface area contributed by atoms with Crippen molar-refractivity contribution in [2.75, 3.05) is 0 Å². The Kier molecular flexibility index (Phi) is 3.55. The molecule has 0 saturated carbocycles. The number of hydrogen-bond donors (Lipinski definition) is 0. The van der Waals surface area contributed by atoms with E-state index < -0.39 is 0 Å². The van der Waals surface area contributed by atoms with Gasteiger partial charge in [-0.1, -0.05) is 60.1 Å². The van der Waals surface area contributed by atoms with Crippen molar-refractivity contribution in [1.29, 1.82) is 0 Å². The molecule has 0 aliphatic carbocycles. The second-order valence-corrected chi connectivity index (χ2v) is 3.58. The van der Waals surface area contributed by atoms with Crippen molar-refractivity contribution >= 4 is 19.5 Å². The fraction of sp³-hybridized carbons (Fsp3) is 0.0714. The average molecular weight is 205 g/mol. The molecule has 0 heterocycles. The molecule has 0 aliphatic rings. The minimum absolute atomic E-state index is 0.690. The molecule has 0 bridgehead atoms. The summed E-state index contributed by atoms with van der Waals surface area (Å²) in [6.45, 7) is 0.690. The Bertz CT molecular complexity index is 477. The number of rotatable bonds is 3. The lowest BCUT2D eigenvalue weighted by atomic mass is 9.91. The van der Waals surface area contributed by atoms with E-state index in [1.54, 1.807) is 0 Å². The maximum Gasteiger partial charge on any atom is 0.114 e. The Morgan fingerprint density at radius 1 is 0.938 bits per heavy atom. The Balaban J connectivity index is 2.03. The van der Waals surface area contributed by atoms with E-state index in [-0.39, 0.29) is 0 Å². The molecule has 0 aliphatic heterocycles. The molecule has 0 saturated heterocycles. The summed E-state index contributed by atoms with van der Waals surface area (Å²) in [5.41, 5.74) is 2.94. The van der Waals surface area contributed by atoms with Crippen LogP contribution in [-0.2, 0) is 6.54 Å². The molecule has 0 spiro atoms. The van der Waals surface area contributed by atoms with Gasteiger partial charge in [-0.05, 0) is 11.1 Å². The first-order chi connectivity index (χ1) is 7.86. The Morgan fingerprint density at radius 3 is 2.38 bits per heavy atom. The third-order valence-corrected chi connectivity index (χ3v) is 2.34. The molecule has 0 amide bonds. The third kappa shape index (κ3) is 2.83. The van der Waals surface area contributed by atoms with E-state index in [1.165, 1.54) is 5.56 Å². The summed E-state index contributed by atoms with van der Waals surface area (Å²) in [5, 5.41) is 0. The van der Waals surface area contributed by atoms with Crippen LogP contribution in [0.25, 0.3) is 0 Å². The van der Waals surface area contributed by atoms with E-state index in [4.69, 9.17) is 7.85 Å². The highest BCUT2D eigenvalue weighted by Gasteiger charge is 1.91. The molecule has 0 N–H and O–H groups in total. The number of benzene rings is 2. The van der Waals surface area contributed by atoms with Gasteiger partial charge in [0, 0.05) is 6.21 Å². The van der Waals surface area contributed by atoms with Crippen LogP contribution in [0.4, 0.5) is 0 Å². The van der Waals surface area contributed by atoms with Crippen molar-refractivity contribution in [3.8, 4) is 0 Å². The molecule has 2 aromatic carbocycles.